The molecule has 5 nitrogen and oxygen atoms in total. The van der Waals surface area contributed by atoms with Crippen LogP contribution >= 0.6 is 22.9 Å². The number of benzene rings is 2. The van der Waals surface area contributed by atoms with Gasteiger partial charge >= 0.3 is 5.63 Å². The van der Waals surface area contributed by atoms with Crippen molar-refractivity contribution in [3.63, 3.8) is 0 Å². The molecule has 7 heteroatoms. The first-order valence-corrected chi connectivity index (χ1v) is 9.73. The van der Waals surface area contributed by atoms with Gasteiger partial charge in [0.1, 0.15) is 11.1 Å². The van der Waals surface area contributed by atoms with Gasteiger partial charge < -0.3 is 4.42 Å². The van der Waals surface area contributed by atoms with E-state index < -0.39 is 11.5 Å². The number of aromatic nitrogens is 1. The third kappa shape index (κ3) is 3.83. The second-order valence-electron chi connectivity index (χ2n) is 6.33. The predicted molar refractivity (Wildman–Crippen MR) is 112 cm³/mol. The molecule has 2 aromatic carbocycles. The van der Waals surface area contributed by atoms with Crippen LogP contribution in [0.5, 0.6) is 0 Å². The number of para-hydroxylation sites is 1. The monoisotopic (exact) mass is 410 g/mol. The van der Waals surface area contributed by atoms with Gasteiger partial charge in [-0.15, -0.1) is 11.3 Å². The zero-order chi connectivity index (χ0) is 19.7. The molecule has 140 valence electrons. The molecule has 2 heterocycles. The number of fused-ring (bicyclic) bond motifs is 1. The first kappa shape index (κ1) is 18.4. The van der Waals surface area contributed by atoms with Gasteiger partial charge in [-0.1, -0.05) is 41.9 Å². The minimum atomic E-state index is -0.678. The van der Waals surface area contributed by atoms with Crippen LogP contribution in [-0.4, -0.2) is 10.9 Å². The molecule has 0 atom stereocenters. The number of halogens is 1. The van der Waals surface area contributed by atoms with Crippen molar-refractivity contribution in [1.29, 1.82) is 0 Å². The van der Waals surface area contributed by atoms with Crippen LogP contribution < -0.4 is 10.9 Å². The summed E-state index contributed by atoms with van der Waals surface area (Å²) in [7, 11) is 0. The van der Waals surface area contributed by atoms with E-state index in [0.29, 0.717) is 22.5 Å². The van der Waals surface area contributed by atoms with Crippen LogP contribution in [0.2, 0.25) is 5.02 Å². The Balaban J connectivity index is 1.52. The summed E-state index contributed by atoms with van der Waals surface area (Å²) in [5.74, 6) is -0.543. The van der Waals surface area contributed by atoms with Crippen LogP contribution in [0.25, 0.3) is 11.0 Å². The minimum absolute atomic E-state index is 0.0548. The van der Waals surface area contributed by atoms with Crippen molar-refractivity contribution in [2.75, 3.05) is 5.32 Å². The van der Waals surface area contributed by atoms with Crippen molar-refractivity contribution in [3.8, 4) is 0 Å². The Morgan fingerprint density at radius 3 is 2.86 bits per heavy atom. The van der Waals surface area contributed by atoms with Crippen LogP contribution in [0, 0.1) is 6.92 Å². The molecule has 0 aliphatic heterocycles. The van der Waals surface area contributed by atoms with E-state index in [1.54, 1.807) is 24.4 Å². The Hall–Kier alpha value is -2.96. The van der Waals surface area contributed by atoms with E-state index in [1.807, 2.05) is 31.2 Å². The Morgan fingerprint density at radius 2 is 2.04 bits per heavy atom. The SMILES string of the molecule is Cc1ccc(Cc2cnc(NC(=O)c3cc4ccccc4oc3=O)s2)cc1Cl. The van der Waals surface area contributed by atoms with Crippen molar-refractivity contribution in [2.24, 2.45) is 0 Å². The summed E-state index contributed by atoms with van der Waals surface area (Å²) < 4.78 is 5.21. The molecule has 1 N–H and O–H groups in total. The Labute approximate surface area is 169 Å². The number of amides is 1. The topological polar surface area (TPSA) is 72.2 Å². The number of anilines is 1. The number of carbonyl (C=O) groups is 1. The lowest BCUT2D eigenvalue weighted by Gasteiger charge is -2.03. The second-order valence-corrected chi connectivity index (χ2v) is 7.85. The first-order chi connectivity index (χ1) is 13.5. The Bertz CT molecular complexity index is 1250. The fourth-order valence-corrected chi connectivity index (χ4v) is 3.82. The van der Waals surface area contributed by atoms with E-state index in [1.165, 1.54) is 17.4 Å². The van der Waals surface area contributed by atoms with Gasteiger partial charge in [-0.2, -0.15) is 0 Å². The number of aryl methyl sites for hydroxylation is 1. The van der Waals surface area contributed by atoms with Crippen LogP contribution in [0.3, 0.4) is 0 Å². The quantitative estimate of drug-likeness (QED) is 0.477. The van der Waals surface area contributed by atoms with Gasteiger partial charge in [0.25, 0.3) is 5.91 Å². The highest BCUT2D eigenvalue weighted by Crippen LogP contribution is 2.24. The van der Waals surface area contributed by atoms with Crippen molar-refractivity contribution < 1.29 is 9.21 Å². The zero-order valence-corrected chi connectivity index (χ0v) is 16.4. The summed E-state index contributed by atoms with van der Waals surface area (Å²) in [6.45, 7) is 1.95. The number of hydrogen-bond acceptors (Lipinski definition) is 5. The second kappa shape index (κ2) is 7.58. The molecule has 4 aromatic rings. The smallest absolute Gasteiger partial charge is 0.349 e. The zero-order valence-electron chi connectivity index (χ0n) is 14.9. The molecule has 2 aromatic heterocycles. The molecule has 0 radical (unpaired) electrons. The van der Waals surface area contributed by atoms with Gasteiger partial charge in [-0.3, -0.25) is 10.1 Å². The summed E-state index contributed by atoms with van der Waals surface area (Å²) >= 11 is 7.52. The number of hydrogen-bond donors (Lipinski definition) is 1. The average Bonchev–Trinajstić information content (AvgIpc) is 3.11. The third-order valence-corrected chi connectivity index (χ3v) is 5.59. The number of nitrogens with one attached hydrogen (secondary N) is 1. The normalized spacial score (nSPS) is 10.9. The van der Waals surface area contributed by atoms with E-state index >= 15 is 0 Å². The van der Waals surface area contributed by atoms with Crippen molar-refractivity contribution in [1.82, 2.24) is 4.98 Å². The number of nitrogens with zero attached hydrogens (tertiary/aromatic N) is 1. The molecule has 0 aliphatic rings. The fourth-order valence-electron chi connectivity index (χ4n) is 2.78. The molecule has 0 saturated carbocycles. The van der Waals surface area contributed by atoms with Gasteiger partial charge in [0.05, 0.1) is 0 Å². The molecule has 0 unspecified atom stereocenters. The van der Waals surface area contributed by atoms with E-state index in [9.17, 15) is 9.59 Å². The highest BCUT2D eigenvalue weighted by atomic mass is 35.5. The lowest BCUT2D eigenvalue weighted by Crippen LogP contribution is -2.20. The van der Waals surface area contributed by atoms with Crippen LogP contribution in [0.1, 0.15) is 26.4 Å². The van der Waals surface area contributed by atoms with E-state index in [-0.39, 0.29) is 5.56 Å². The highest BCUT2D eigenvalue weighted by Gasteiger charge is 2.15. The number of carbonyl (C=O) groups excluding carboxylic acids is 1. The van der Waals surface area contributed by atoms with Crippen LogP contribution in [0.15, 0.2) is 63.9 Å². The van der Waals surface area contributed by atoms with E-state index in [4.69, 9.17) is 16.0 Å². The van der Waals surface area contributed by atoms with Crippen molar-refractivity contribution >= 4 is 44.9 Å². The van der Waals surface area contributed by atoms with Crippen LogP contribution in [-0.2, 0) is 6.42 Å². The lowest BCUT2D eigenvalue weighted by atomic mass is 10.1. The molecular formula is C21H15ClN2O3S. The maximum atomic E-state index is 12.5. The van der Waals surface area contributed by atoms with E-state index in [0.717, 1.165) is 21.0 Å². The molecule has 0 saturated heterocycles. The standard InChI is InChI=1S/C21H15ClN2O3S/c1-12-6-7-13(9-17(12)22)8-15-11-23-21(28-15)24-19(25)16-10-14-4-2-3-5-18(14)27-20(16)26/h2-7,9-11H,8H2,1H3,(H,23,24,25). The Morgan fingerprint density at radius 1 is 1.21 bits per heavy atom. The van der Waals surface area contributed by atoms with Gasteiger partial charge in [0.2, 0.25) is 0 Å². The molecule has 28 heavy (non-hydrogen) atoms. The summed E-state index contributed by atoms with van der Waals surface area (Å²) in [5.41, 5.74) is 1.80. The maximum Gasteiger partial charge on any atom is 0.349 e. The van der Waals surface area contributed by atoms with Gasteiger partial charge in [-0.05, 0) is 36.2 Å². The van der Waals surface area contributed by atoms with Gasteiger partial charge in [-0.25, -0.2) is 9.78 Å². The molecule has 0 fully saturated rings. The predicted octanol–water partition coefficient (Wildman–Crippen LogP) is 5.05. The first-order valence-electron chi connectivity index (χ1n) is 8.53. The van der Waals surface area contributed by atoms with Gasteiger partial charge in [0.15, 0.2) is 5.13 Å². The van der Waals surface area contributed by atoms with E-state index in [2.05, 4.69) is 10.3 Å². The summed E-state index contributed by atoms with van der Waals surface area (Å²) in [5, 5.41) is 4.50. The summed E-state index contributed by atoms with van der Waals surface area (Å²) in [4.78, 5) is 29.8. The number of rotatable bonds is 4. The van der Waals surface area contributed by atoms with Crippen LogP contribution in [0.4, 0.5) is 5.13 Å². The third-order valence-electron chi connectivity index (χ3n) is 4.27. The van der Waals surface area contributed by atoms with Crippen molar-refractivity contribution in [2.45, 2.75) is 13.3 Å². The number of thiazole rings is 1. The lowest BCUT2D eigenvalue weighted by molar-refractivity contribution is 0.102. The van der Waals surface area contributed by atoms with Gasteiger partial charge in [0, 0.05) is 27.9 Å². The summed E-state index contributed by atoms with van der Waals surface area (Å²) in [6.07, 6.45) is 2.36. The Kier molecular flexibility index (Phi) is 4.98. The average molecular weight is 411 g/mol. The summed E-state index contributed by atoms with van der Waals surface area (Å²) in [6, 6.07) is 14.5. The molecule has 4 rings (SSSR count). The highest BCUT2D eigenvalue weighted by molar-refractivity contribution is 7.15. The molecular weight excluding hydrogens is 396 g/mol. The molecule has 0 aliphatic carbocycles. The largest absolute Gasteiger partial charge is 0.422 e. The van der Waals surface area contributed by atoms with Crippen molar-refractivity contribution in [3.05, 3.63) is 91.7 Å². The minimum Gasteiger partial charge on any atom is -0.422 e. The fraction of sp³-hybridized carbons (Fsp3) is 0.0952. The molecule has 0 bridgehead atoms. The molecule has 0 spiro atoms. The molecule has 1 amide bonds. The maximum absolute atomic E-state index is 12.5.